The quantitative estimate of drug-likeness (QED) is 0.885. The van der Waals surface area contributed by atoms with Crippen molar-refractivity contribution < 1.29 is 9.21 Å². The van der Waals surface area contributed by atoms with E-state index in [1.54, 1.807) is 0 Å². The summed E-state index contributed by atoms with van der Waals surface area (Å²) < 4.78 is 5.38. The predicted molar refractivity (Wildman–Crippen MR) is 75.2 cm³/mol. The number of hydrogen-bond acceptors (Lipinski definition) is 2. The van der Waals surface area contributed by atoms with Crippen LogP contribution in [-0.2, 0) is 6.54 Å². The van der Waals surface area contributed by atoms with Crippen molar-refractivity contribution in [3.63, 3.8) is 0 Å². The van der Waals surface area contributed by atoms with Crippen LogP contribution in [0.3, 0.4) is 0 Å². The van der Waals surface area contributed by atoms with E-state index in [1.165, 1.54) is 5.56 Å². The third-order valence-electron chi connectivity index (χ3n) is 2.85. The van der Waals surface area contributed by atoms with E-state index >= 15 is 0 Å². The van der Waals surface area contributed by atoms with Gasteiger partial charge < -0.3 is 15.1 Å². The third kappa shape index (κ3) is 3.61. The fourth-order valence-corrected chi connectivity index (χ4v) is 1.87. The highest BCUT2D eigenvalue weighted by molar-refractivity contribution is 5.90. The third-order valence-corrected chi connectivity index (χ3v) is 2.85. The lowest BCUT2D eigenvalue weighted by Gasteiger charge is -2.09. The summed E-state index contributed by atoms with van der Waals surface area (Å²) in [7, 11) is 0. The molecule has 0 aliphatic heterocycles. The minimum Gasteiger partial charge on any atom is -0.465 e. The van der Waals surface area contributed by atoms with Gasteiger partial charge in [0.25, 0.3) is 0 Å². The fraction of sp³-hybridized carbons (Fsp3) is 0.267. The standard InChI is InChI=1S/C15H18N2O2/c1-10-4-7-14(11(2)8-10)17-15(18)16-9-13-6-5-12(3)19-13/h4-8H,9H2,1-3H3,(H2,16,17,18). The van der Waals surface area contributed by atoms with Crippen LogP contribution >= 0.6 is 0 Å². The molecule has 0 saturated heterocycles. The molecule has 1 aromatic carbocycles. The summed E-state index contributed by atoms with van der Waals surface area (Å²) in [5.74, 6) is 1.58. The number of carbonyl (C=O) groups is 1. The van der Waals surface area contributed by atoms with E-state index in [-0.39, 0.29) is 6.03 Å². The first-order valence-corrected chi connectivity index (χ1v) is 6.22. The highest BCUT2D eigenvalue weighted by Crippen LogP contribution is 2.15. The van der Waals surface area contributed by atoms with E-state index in [4.69, 9.17) is 4.42 Å². The summed E-state index contributed by atoms with van der Waals surface area (Å²) in [5.41, 5.74) is 3.04. The van der Waals surface area contributed by atoms with E-state index in [9.17, 15) is 4.79 Å². The Hall–Kier alpha value is -2.23. The highest BCUT2D eigenvalue weighted by atomic mass is 16.3. The normalized spacial score (nSPS) is 10.3. The topological polar surface area (TPSA) is 54.3 Å². The molecule has 19 heavy (non-hydrogen) atoms. The molecule has 4 heteroatoms. The molecule has 100 valence electrons. The van der Waals surface area contributed by atoms with Crippen LogP contribution in [0.15, 0.2) is 34.7 Å². The van der Waals surface area contributed by atoms with Crippen LogP contribution < -0.4 is 10.6 Å². The number of anilines is 1. The number of nitrogens with one attached hydrogen (secondary N) is 2. The van der Waals surface area contributed by atoms with Crippen LogP contribution in [-0.4, -0.2) is 6.03 Å². The smallest absolute Gasteiger partial charge is 0.319 e. The van der Waals surface area contributed by atoms with Gasteiger partial charge in [0.05, 0.1) is 6.54 Å². The van der Waals surface area contributed by atoms with Gasteiger partial charge in [-0.2, -0.15) is 0 Å². The average molecular weight is 258 g/mol. The monoisotopic (exact) mass is 258 g/mol. The number of carbonyl (C=O) groups excluding carboxylic acids is 1. The number of furan rings is 1. The highest BCUT2D eigenvalue weighted by Gasteiger charge is 2.05. The maximum atomic E-state index is 11.8. The lowest BCUT2D eigenvalue weighted by Crippen LogP contribution is -2.28. The van der Waals surface area contributed by atoms with E-state index in [1.807, 2.05) is 51.1 Å². The molecule has 2 rings (SSSR count). The van der Waals surface area contributed by atoms with Gasteiger partial charge in [0.15, 0.2) is 0 Å². The van der Waals surface area contributed by atoms with E-state index in [2.05, 4.69) is 10.6 Å². The average Bonchev–Trinajstić information content (AvgIpc) is 2.76. The Morgan fingerprint density at radius 2 is 1.95 bits per heavy atom. The largest absolute Gasteiger partial charge is 0.465 e. The number of benzene rings is 1. The maximum Gasteiger partial charge on any atom is 0.319 e. The van der Waals surface area contributed by atoms with Crippen LogP contribution in [0.5, 0.6) is 0 Å². The van der Waals surface area contributed by atoms with Crippen LogP contribution in [0.2, 0.25) is 0 Å². The molecule has 2 aromatic rings. The summed E-state index contributed by atoms with van der Waals surface area (Å²) in [6.45, 7) is 6.25. The van der Waals surface area contributed by atoms with Crippen molar-refractivity contribution in [3.8, 4) is 0 Å². The van der Waals surface area contributed by atoms with Gasteiger partial charge >= 0.3 is 6.03 Å². The fourth-order valence-electron chi connectivity index (χ4n) is 1.87. The molecule has 2 amide bonds. The minimum absolute atomic E-state index is 0.235. The number of rotatable bonds is 3. The van der Waals surface area contributed by atoms with Gasteiger partial charge in [-0.3, -0.25) is 0 Å². The van der Waals surface area contributed by atoms with Crippen molar-refractivity contribution in [1.82, 2.24) is 5.32 Å². The Bertz CT molecular complexity index is 588. The SMILES string of the molecule is Cc1ccc(NC(=O)NCc2ccc(C)o2)c(C)c1. The Balaban J connectivity index is 1.90. The Labute approximate surface area is 112 Å². The molecule has 0 fully saturated rings. The van der Waals surface area contributed by atoms with E-state index in [0.717, 1.165) is 22.8 Å². The van der Waals surface area contributed by atoms with Gasteiger partial charge in [-0.15, -0.1) is 0 Å². The molecule has 1 heterocycles. The number of hydrogen-bond donors (Lipinski definition) is 2. The van der Waals surface area contributed by atoms with Crippen molar-refractivity contribution in [2.45, 2.75) is 27.3 Å². The van der Waals surface area contributed by atoms with Crippen LogP contribution in [0.1, 0.15) is 22.6 Å². The Morgan fingerprint density at radius 1 is 1.16 bits per heavy atom. The molecule has 0 bridgehead atoms. The van der Waals surface area contributed by atoms with Gasteiger partial charge in [-0.25, -0.2) is 4.79 Å². The summed E-state index contributed by atoms with van der Waals surface area (Å²) in [4.78, 5) is 11.8. The van der Waals surface area contributed by atoms with Crippen LogP contribution in [0.4, 0.5) is 10.5 Å². The number of amides is 2. The number of urea groups is 1. The molecule has 1 aromatic heterocycles. The lowest BCUT2D eigenvalue weighted by molar-refractivity contribution is 0.250. The Morgan fingerprint density at radius 3 is 2.58 bits per heavy atom. The van der Waals surface area contributed by atoms with Crippen LogP contribution in [0, 0.1) is 20.8 Å². The molecule has 0 spiro atoms. The number of aryl methyl sites for hydroxylation is 3. The summed E-state index contributed by atoms with van der Waals surface area (Å²) in [6.07, 6.45) is 0. The molecule has 0 atom stereocenters. The first kappa shape index (κ1) is 13.2. The molecule has 0 unspecified atom stereocenters. The van der Waals surface area contributed by atoms with Gasteiger partial charge in [0, 0.05) is 5.69 Å². The van der Waals surface area contributed by atoms with Crippen LogP contribution in [0.25, 0.3) is 0 Å². The van der Waals surface area contributed by atoms with E-state index in [0.29, 0.717) is 6.54 Å². The van der Waals surface area contributed by atoms with Crippen molar-refractivity contribution in [1.29, 1.82) is 0 Å². The molecule has 0 radical (unpaired) electrons. The second-order valence-electron chi connectivity index (χ2n) is 4.64. The second-order valence-corrected chi connectivity index (χ2v) is 4.64. The van der Waals surface area contributed by atoms with Gasteiger partial charge in [0.1, 0.15) is 11.5 Å². The predicted octanol–water partition coefficient (Wildman–Crippen LogP) is 3.53. The van der Waals surface area contributed by atoms with Crippen molar-refractivity contribution in [2.24, 2.45) is 0 Å². The summed E-state index contributed by atoms with van der Waals surface area (Å²) in [5, 5.41) is 5.58. The van der Waals surface area contributed by atoms with Crippen molar-refractivity contribution in [3.05, 3.63) is 53.0 Å². The van der Waals surface area contributed by atoms with Gasteiger partial charge in [-0.05, 0) is 44.5 Å². The molecule has 2 N–H and O–H groups in total. The first-order chi connectivity index (χ1) is 9.04. The minimum atomic E-state index is -0.235. The molecule has 4 nitrogen and oxygen atoms in total. The zero-order valence-electron chi connectivity index (χ0n) is 11.4. The zero-order chi connectivity index (χ0) is 13.8. The van der Waals surface area contributed by atoms with Crippen molar-refractivity contribution >= 4 is 11.7 Å². The molecule has 0 aliphatic rings. The summed E-state index contributed by atoms with van der Waals surface area (Å²) in [6, 6.07) is 9.40. The van der Waals surface area contributed by atoms with Gasteiger partial charge in [0.2, 0.25) is 0 Å². The molecular weight excluding hydrogens is 240 g/mol. The summed E-state index contributed by atoms with van der Waals surface area (Å²) >= 11 is 0. The molecular formula is C15H18N2O2. The lowest BCUT2D eigenvalue weighted by atomic mass is 10.1. The second kappa shape index (κ2) is 5.61. The molecule has 0 aliphatic carbocycles. The first-order valence-electron chi connectivity index (χ1n) is 6.22. The maximum absolute atomic E-state index is 11.8. The van der Waals surface area contributed by atoms with E-state index < -0.39 is 0 Å². The van der Waals surface area contributed by atoms with Crippen molar-refractivity contribution in [2.75, 3.05) is 5.32 Å². The molecule has 0 saturated carbocycles. The zero-order valence-corrected chi connectivity index (χ0v) is 11.4. The Kier molecular flexibility index (Phi) is 3.90. The van der Waals surface area contributed by atoms with Gasteiger partial charge in [-0.1, -0.05) is 17.7 Å².